The van der Waals surface area contributed by atoms with Crippen molar-refractivity contribution < 1.29 is 4.79 Å². The van der Waals surface area contributed by atoms with Crippen LogP contribution in [0.15, 0.2) is 24.3 Å². The minimum atomic E-state index is -0.574. The van der Waals surface area contributed by atoms with E-state index in [9.17, 15) is 4.79 Å². The zero-order valence-corrected chi connectivity index (χ0v) is 13.0. The normalized spacial score (nSPS) is 18.0. The molecule has 0 spiro atoms. The number of benzene rings is 1. The molecule has 116 valence electrons. The van der Waals surface area contributed by atoms with Crippen LogP contribution < -0.4 is 11.1 Å². The van der Waals surface area contributed by atoms with Gasteiger partial charge >= 0.3 is 0 Å². The second-order valence-electron chi connectivity index (χ2n) is 5.94. The van der Waals surface area contributed by atoms with Gasteiger partial charge in [0.1, 0.15) is 6.04 Å². The fourth-order valence-corrected chi connectivity index (χ4v) is 2.73. The molecule has 1 aromatic rings. The number of nitrogens with one attached hydrogen (secondary N) is 1. The minimum Gasteiger partial charge on any atom is -0.353 e. The lowest BCUT2D eigenvalue weighted by atomic mass is 10.1. The van der Waals surface area contributed by atoms with Crippen molar-refractivity contribution in [2.24, 2.45) is 5.73 Å². The van der Waals surface area contributed by atoms with E-state index < -0.39 is 6.04 Å². The van der Waals surface area contributed by atoms with E-state index in [1.54, 1.807) is 0 Å². The summed E-state index contributed by atoms with van der Waals surface area (Å²) in [5.74, 6) is -0.0892. The SMILES string of the molecule is Cc1ccc(C(N)C(=O)NCCN2CCCCCC2)cc1. The largest absolute Gasteiger partial charge is 0.353 e. The second-order valence-corrected chi connectivity index (χ2v) is 5.94. The van der Waals surface area contributed by atoms with Crippen LogP contribution in [0.4, 0.5) is 0 Å². The molecule has 0 aliphatic carbocycles. The summed E-state index contributed by atoms with van der Waals surface area (Å²) in [6, 6.07) is 7.25. The van der Waals surface area contributed by atoms with Crippen LogP contribution in [-0.4, -0.2) is 37.0 Å². The third kappa shape index (κ3) is 5.14. The smallest absolute Gasteiger partial charge is 0.241 e. The molecule has 1 unspecified atom stereocenters. The molecule has 2 rings (SSSR count). The number of aryl methyl sites for hydroxylation is 1. The molecule has 21 heavy (non-hydrogen) atoms. The van der Waals surface area contributed by atoms with Gasteiger partial charge in [-0.25, -0.2) is 0 Å². The topological polar surface area (TPSA) is 58.4 Å². The van der Waals surface area contributed by atoms with Crippen molar-refractivity contribution in [2.45, 2.75) is 38.6 Å². The monoisotopic (exact) mass is 289 g/mol. The summed E-state index contributed by atoms with van der Waals surface area (Å²) >= 11 is 0. The number of hydrogen-bond acceptors (Lipinski definition) is 3. The highest BCUT2D eigenvalue weighted by molar-refractivity contribution is 5.82. The van der Waals surface area contributed by atoms with Gasteiger partial charge in [-0.3, -0.25) is 4.79 Å². The third-order valence-corrected chi connectivity index (χ3v) is 4.14. The van der Waals surface area contributed by atoms with E-state index in [1.165, 1.54) is 31.2 Å². The van der Waals surface area contributed by atoms with Gasteiger partial charge in [-0.2, -0.15) is 0 Å². The molecule has 1 aliphatic heterocycles. The molecule has 1 aromatic carbocycles. The first-order valence-electron chi connectivity index (χ1n) is 7.99. The van der Waals surface area contributed by atoms with E-state index in [0.717, 1.165) is 25.2 Å². The van der Waals surface area contributed by atoms with Crippen LogP contribution >= 0.6 is 0 Å². The Balaban J connectivity index is 1.74. The Morgan fingerprint density at radius 3 is 2.43 bits per heavy atom. The summed E-state index contributed by atoms with van der Waals surface area (Å²) in [7, 11) is 0. The van der Waals surface area contributed by atoms with E-state index in [1.807, 2.05) is 31.2 Å². The van der Waals surface area contributed by atoms with Gasteiger partial charge in [0.15, 0.2) is 0 Å². The van der Waals surface area contributed by atoms with Gasteiger partial charge in [0, 0.05) is 13.1 Å². The predicted molar refractivity (Wildman–Crippen MR) is 86.0 cm³/mol. The van der Waals surface area contributed by atoms with Gasteiger partial charge < -0.3 is 16.0 Å². The van der Waals surface area contributed by atoms with Gasteiger partial charge in [0.25, 0.3) is 0 Å². The van der Waals surface area contributed by atoms with E-state index >= 15 is 0 Å². The van der Waals surface area contributed by atoms with Gasteiger partial charge in [-0.1, -0.05) is 42.7 Å². The Bertz CT molecular complexity index is 436. The van der Waals surface area contributed by atoms with Crippen LogP contribution in [0.1, 0.15) is 42.9 Å². The number of amides is 1. The fourth-order valence-electron chi connectivity index (χ4n) is 2.73. The van der Waals surface area contributed by atoms with Crippen molar-refractivity contribution in [2.75, 3.05) is 26.2 Å². The quantitative estimate of drug-likeness (QED) is 0.871. The number of rotatable bonds is 5. The fraction of sp³-hybridized carbons (Fsp3) is 0.588. The zero-order valence-electron chi connectivity index (χ0n) is 13.0. The van der Waals surface area contributed by atoms with Crippen molar-refractivity contribution in [3.05, 3.63) is 35.4 Å². The van der Waals surface area contributed by atoms with Crippen molar-refractivity contribution in [3.63, 3.8) is 0 Å². The van der Waals surface area contributed by atoms with E-state index in [0.29, 0.717) is 6.54 Å². The molecule has 1 saturated heterocycles. The Kier molecular flexibility index (Phi) is 6.21. The summed E-state index contributed by atoms with van der Waals surface area (Å²) in [6.45, 7) is 5.93. The molecule has 1 amide bonds. The molecule has 0 aromatic heterocycles. The molecule has 0 radical (unpaired) electrons. The van der Waals surface area contributed by atoms with Crippen LogP contribution in [0.25, 0.3) is 0 Å². The van der Waals surface area contributed by atoms with Gasteiger partial charge in [0.05, 0.1) is 0 Å². The average molecular weight is 289 g/mol. The maximum absolute atomic E-state index is 12.1. The van der Waals surface area contributed by atoms with Crippen LogP contribution in [0.5, 0.6) is 0 Å². The van der Waals surface area contributed by atoms with E-state index in [-0.39, 0.29) is 5.91 Å². The minimum absolute atomic E-state index is 0.0892. The lowest BCUT2D eigenvalue weighted by molar-refractivity contribution is -0.122. The highest BCUT2D eigenvalue weighted by Gasteiger charge is 2.15. The van der Waals surface area contributed by atoms with Crippen molar-refractivity contribution in [3.8, 4) is 0 Å². The van der Waals surface area contributed by atoms with Crippen LogP contribution in [0.3, 0.4) is 0 Å². The first-order valence-corrected chi connectivity index (χ1v) is 7.99. The number of nitrogens with two attached hydrogens (primary N) is 1. The highest BCUT2D eigenvalue weighted by Crippen LogP contribution is 2.12. The average Bonchev–Trinajstić information content (AvgIpc) is 2.76. The van der Waals surface area contributed by atoms with Crippen molar-refractivity contribution in [1.29, 1.82) is 0 Å². The summed E-state index contributed by atoms with van der Waals surface area (Å²) in [5.41, 5.74) is 8.05. The molecular formula is C17H27N3O. The molecule has 3 N–H and O–H groups in total. The maximum Gasteiger partial charge on any atom is 0.241 e. The molecule has 1 atom stereocenters. The molecule has 1 fully saturated rings. The standard InChI is InChI=1S/C17H27N3O/c1-14-6-8-15(9-7-14)16(18)17(21)19-10-13-20-11-4-2-3-5-12-20/h6-9,16H,2-5,10-13,18H2,1H3,(H,19,21). The molecular weight excluding hydrogens is 262 g/mol. The predicted octanol–water partition coefficient (Wildman–Crippen LogP) is 1.99. The number of hydrogen-bond donors (Lipinski definition) is 2. The van der Waals surface area contributed by atoms with Gasteiger partial charge in [-0.15, -0.1) is 0 Å². The molecule has 0 bridgehead atoms. The molecule has 0 saturated carbocycles. The van der Waals surface area contributed by atoms with Crippen molar-refractivity contribution in [1.82, 2.24) is 10.2 Å². The lowest BCUT2D eigenvalue weighted by Gasteiger charge is -2.20. The zero-order chi connectivity index (χ0) is 15.1. The highest BCUT2D eigenvalue weighted by atomic mass is 16.2. The molecule has 1 aliphatic rings. The summed E-state index contributed by atoms with van der Waals surface area (Å²) in [5, 5.41) is 2.96. The molecule has 4 nitrogen and oxygen atoms in total. The van der Waals surface area contributed by atoms with Crippen LogP contribution in [0, 0.1) is 6.92 Å². The van der Waals surface area contributed by atoms with Crippen molar-refractivity contribution >= 4 is 5.91 Å². The number of likely N-dealkylation sites (tertiary alicyclic amines) is 1. The van der Waals surface area contributed by atoms with E-state index in [2.05, 4.69) is 10.2 Å². The third-order valence-electron chi connectivity index (χ3n) is 4.14. The molecule has 4 heteroatoms. The van der Waals surface area contributed by atoms with E-state index in [4.69, 9.17) is 5.73 Å². The number of carbonyl (C=O) groups excluding carboxylic acids is 1. The second kappa shape index (κ2) is 8.15. The summed E-state index contributed by atoms with van der Waals surface area (Å²) < 4.78 is 0. The first-order chi connectivity index (χ1) is 10.2. The Hall–Kier alpha value is -1.39. The van der Waals surface area contributed by atoms with Crippen LogP contribution in [0.2, 0.25) is 0 Å². The van der Waals surface area contributed by atoms with Gasteiger partial charge in [0.2, 0.25) is 5.91 Å². The lowest BCUT2D eigenvalue weighted by Crippen LogP contribution is -2.39. The maximum atomic E-state index is 12.1. The van der Waals surface area contributed by atoms with Crippen LogP contribution in [-0.2, 0) is 4.79 Å². The summed E-state index contributed by atoms with van der Waals surface area (Å²) in [6.07, 6.45) is 5.22. The Labute approximate surface area is 127 Å². The Morgan fingerprint density at radius 1 is 1.19 bits per heavy atom. The number of carbonyl (C=O) groups is 1. The Morgan fingerprint density at radius 2 is 1.81 bits per heavy atom. The molecule has 1 heterocycles. The van der Waals surface area contributed by atoms with Gasteiger partial charge in [-0.05, 0) is 38.4 Å². The number of nitrogens with zero attached hydrogens (tertiary/aromatic N) is 1. The summed E-state index contributed by atoms with van der Waals surface area (Å²) in [4.78, 5) is 14.5. The first kappa shape index (κ1) is 16.0.